The molecule has 0 bridgehead atoms. The number of aromatic hydroxyl groups is 2. The van der Waals surface area contributed by atoms with Gasteiger partial charge in [0.15, 0.2) is 0 Å². The fourth-order valence-corrected chi connectivity index (χ4v) is 2.79. The lowest BCUT2D eigenvalue weighted by molar-refractivity contribution is 0.463. The molecule has 0 heterocycles. The summed E-state index contributed by atoms with van der Waals surface area (Å²) in [5, 5.41) is 20.0. The number of benzene rings is 2. The van der Waals surface area contributed by atoms with Gasteiger partial charge in [0.2, 0.25) is 0 Å². The van der Waals surface area contributed by atoms with Crippen LogP contribution in [0.5, 0.6) is 11.5 Å². The van der Waals surface area contributed by atoms with Crippen molar-refractivity contribution in [2.75, 3.05) is 0 Å². The van der Waals surface area contributed by atoms with Crippen molar-refractivity contribution in [2.24, 2.45) is 0 Å². The van der Waals surface area contributed by atoms with Crippen LogP contribution in [0.25, 0.3) is 0 Å². The zero-order chi connectivity index (χ0) is 14.9. The van der Waals surface area contributed by atoms with Crippen molar-refractivity contribution in [3.05, 3.63) is 58.1 Å². The lowest BCUT2D eigenvalue weighted by Gasteiger charge is -2.17. The summed E-state index contributed by atoms with van der Waals surface area (Å²) in [6, 6.07) is 9.29. The summed E-state index contributed by atoms with van der Waals surface area (Å²) < 4.78 is 0. The molecule has 2 aromatic carbocycles. The molecule has 0 amide bonds. The second-order valence-corrected chi connectivity index (χ2v) is 5.69. The van der Waals surface area contributed by atoms with Gasteiger partial charge in [-0.1, -0.05) is 32.0 Å². The molecule has 0 unspecified atom stereocenters. The summed E-state index contributed by atoms with van der Waals surface area (Å²) >= 11 is 0. The van der Waals surface area contributed by atoms with Gasteiger partial charge in [-0.05, 0) is 54.2 Å². The van der Waals surface area contributed by atoms with Gasteiger partial charge < -0.3 is 10.2 Å². The van der Waals surface area contributed by atoms with Crippen LogP contribution in [0.15, 0.2) is 30.3 Å². The molecule has 0 saturated heterocycles. The van der Waals surface area contributed by atoms with Crippen molar-refractivity contribution in [1.82, 2.24) is 0 Å². The molecule has 2 N–H and O–H groups in total. The number of rotatable bonds is 3. The van der Waals surface area contributed by atoms with E-state index >= 15 is 0 Å². The van der Waals surface area contributed by atoms with Gasteiger partial charge in [0.25, 0.3) is 0 Å². The molecule has 0 aliphatic heterocycles. The Morgan fingerprint density at radius 2 is 1.65 bits per heavy atom. The first-order chi connectivity index (χ1) is 9.41. The standard InChI is InChI=1S/C18H22O2/c1-11(2)18-13(4)14(8-9-17(18)20)10-15-12(3)6-5-7-16(15)19/h5-9,11,19-20H,10H2,1-4H3. The first-order valence-electron chi connectivity index (χ1n) is 7.00. The number of hydrogen-bond acceptors (Lipinski definition) is 2. The van der Waals surface area contributed by atoms with Gasteiger partial charge in [0.1, 0.15) is 11.5 Å². The summed E-state index contributed by atoms with van der Waals surface area (Å²) in [5.41, 5.74) is 5.30. The van der Waals surface area contributed by atoms with E-state index in [1.54, 1.807) is 12.1 Å². The zero-order valence-corrected chi connectivity index (χ0v) is 12.6. The minimum Gasteiger partial charge on any atom is -0.508 e. The minimum absolute atomic E-state index is 0.278. The van der Waals surface area contributed by atoms with E-state index in [1.165, 1.54) is 0 Å². The second-order valence-electron chi connectivity index (χ2n) is 5.69. The highest BCUT2D eigenvalue weighted by Crippen LogP contribution is 2.33. The lowest BCUT2D eigenvalue weighted by Crippen LogP contribution is -2.00. The number of phenolic OH excluding ortho intramolecular Hbond substituents is 2. The predicted octanol–water partition coefficient (Wildman–Crippen LogP) is 4.43. The molecular weight excluding hydrogens is 248 g/mol. The molecule has 0 fully saturated rings. The summed E-state index contributed by atoms with van der Waals surface area (Å²) in [6.45, 7) is 8.21. The molecule has 0 saturated carbocycles. The Bertz CT molecular complexity index is 607. The van der Waals surface area contributed by atoms with E-state index in [1.807, 2.05) is 32.0 Å². The van der Waals surface area contributed by atoms with Crippen molar-refractivity contribution in [3.8, 4) is 11.5 Å². The molecule has 0 aromatic heterocycles. The fourth-order valence-electron chi connectivity index (χ4n) is 2.79. The van der Waals surface area contributed by atoms with Crippen molar-refractivity contribution in [2.45, 2.75) is 40.0 Å². The highest BCUT2D eigenvalue weighted by Gasteiger charge is 2.14. The van der Waals surface area contributed by atoms with Crippen LogP contribution in [0.4, 0.5) is 0 Å². The summed E-state index contributed by atoms with van der Waals surface area (Å²) in [6.07, 6.45) is 0.685. The Kier molecular flexibility index (Phi) is 4.03. The average molecular weight is 270 g/mol. The Morgan fingerprint density at radius 1 is 0.950 bits per heavy atom. The third kappa shape index (κ3) is 2.64. The van der Waals surface area contributed by atoms with Crippen LogP contribution < -0.4 is 0 Å². The van der Waals surface area contributed by atoms with Crippen LogP contribution in [-0.4, -0.2) is 10.2 Å². The molecular formula is C18H22O2. The van der Waals surface area contributed by atoms with Crippen LogP contribution in [0, 0.1) is 13.8 Å². The van der Waals surface area contributed by atoms with Crippen LogP contribution in [0.3, 0.4) is 0 Å². The highest BCUT2D eigenvalue weighted by molar-refractivity contribution is 5.49. The van der Waals surface area contributed by atoms with Gasteiger partial charge in [-0.3, -0.25) is 0 Å². The van der Waals surface area contributed by atoms with Crippen molar-refractivity contribution in [1.29, 1.82) is 0 Å². The number of aryl methyl sites for hydroxylation is 1. The van der Waals surface area contributed by atoms with Gasteiger partial charge in [-0.2, -0.15) is 0 Å². The first kappa shape index (κ1) is 14.4. The van der Waals surface area contributed by atoms with Gasteiger partial charge in [0, 0.05) is 12.0 Å². The molecule has 0 aliphatic carbocycles. The molecule has 0 atom stereocenters. The molecule has 0 spiro atoms. The quantitative estimate of drug-likeness (QED) is 0.866. The van der Waals surface area contributed by atoms with E-state index in [4.69, 9.17) is 0 Å². The maximum atomic E-state index is 10.0. The predicted molar refractivity (Wildman–Crippen MR) is 82.6 cm³/mol. The molecule has 0 aliphatic rings. The van der Waals surface area contributed by atoms with E-state index in [0.29, 0.717) is 17.9 Å². The molecule has 0 radical (unpaired) electrons. The molecule has 2 nitrogen and oxygen atoms in total. The molecule has 20 heavy (non-hydrogen) atoms. The largest absolute Gasteiger partial charge is 0.508 e. The molecule has 2 aromatic rings. The van der Waals surface area contributed by atoms with Gasteiger partial charge >= 0.3 is 0 Å². The van der Waals surface area contributed by atoms with Crippen LogP contribution in [0.2, 0.25) is 0 Å². The van der Waals surface area contributed by atoms with Crippen LogP contribution >= 0.6 is 0 Å². The van der Waals surface area contributed by atoms with Crippen molar-refractivity contribution >= 4 is 0 Å². The maximum absolute atomic E-state index is 10.0. The van der Waals surface area contributed by atoms with E-state index in [9.17, 15) is 10.2 Å². The number of phenols is 2. The second kappa shape index (κ2) is 5.58. The smallest absolute Gasteiger partial charge is 0.119 e. The van der Waals surface area contributed by atoms with E-state index in [2.05, 4.69) is 13.8 Å². The zero-order valence-electron chi connectivity index (χ0n) is 12.6. The fraction of sp³-hybridized carbons (Fsp3) is 0.333. The monoisotopic (exact) mass is 270 g/mol. The van der Waals surface area contributed by atoms with Crippen LogP contribution in [-0.2, 0) is 6.42 Å². The first-order valence-corrected chi connectivity index (χ1v) is 7.00. The molecule has 106 valence electrons. The van der Waals surface area contributed by atoms with E-state index in [0.717, 1.165) is 27.8 Å². The summed E-state index contributed by atoms with van der Waals surface area (Å²) in [5.74, 6) is 0.972. The normalized spacial score (nSPS) is 11.1. The molecule has 2 heteroatoms. The Hall–Kier alpha value is -1.96. The van der Waals surface area contributed by atoms with Crippen molar-refractivity contribution < 1.29 is 10.2 Å². The van der Waals surface area contributed by atoms with E-state index in [-0.39, 0.29) is 5.92 Å². The SMILES string of the molecule is Cc1cccc(O)c1Cc1ccc(O)c(C(C)C)c1C. The summed E-state index contributed by atoms with van der Waals surface area (Å²) in [4.78, 5) is 0. The van der Waals surface area contributed by atoms with Gasteiger partial charge in [-0.25, -0.2) is 0 Å². The molecule has 2 rings (SSSR count). The van der Waals surface area contributed by atoms with Crippen LogP contribution in [0.1, 0.15) is 47.6 Å². The van der Waals surface area contributed by atoms with Gasteiger partial charge in [0.05, 0.1) is 0 Å². The topological polar surface area (TPSA) is 40.5 Å². The Balaban J connectivity index is 2.47. The number of hydrogen-bond donors (Lipinski definition) is 2. The Morgan fingerprint density at radius 3 is 2.25 bits per heavy atom. The van der Waals surface area contributed by atoms with Crippen molar-refractivity contribution in [3.63, 3.8) is 0 Å². The summed E-state index contributed by atoms with van der Waals surface area (Å²) in [7, 11) is 0. The highest BCUT2D eigenvalue weighted by atomic mass is 16.3. The average Bonchev–Trinajstić information content (AvgIpc) is 2.36. The maximum Gasteiger partial charge on any atom is 0.119 e. The van der Waals surface area contributed by atoms with E-state index < -0.39 is 0 Å². The minimum atomic E-state index is 0.278. The lowest BCUT2D eigenvalue weighted by atomic mass is 9.89. The third-order valence-electron chi connectivity index (χ3n) is 3.93. The Labute approximate surface area is 120 Å². The van der Waals surface area contributed by atoms with Gasteiger partial charge in [-0.15, -0.1) is 0 Å². The third-order valence-corrected chi connectivity index (χ3v) is 3.93.